The van der Waals surface area contributed by atoms with Gasteiger partial charge >= 0.3 is 0 Å². The van der Waals surface area contributed by atoms with E-state index in [4.69, 9.17) is 16.3 Å². The molecule has 0 radical (unpaired) electrons. The molecule has 0 aliphatic carbocycles. The Morgan fingerprint density at radius 2 is 1.88 bits per heavy atom. The normalized spacial score (nSPS) is 11.2. The summed E-state index contributed by atoms with van der Waals surface area (Å²) in [5, 5.41) is 11.3. The predicted octanol–water partition coefficient (Wildman–Crippen LogP) is 1.20. The van der Waals surface area contributed by atoms with Gasteiger partial charge in [-0.2, -0.15) is 0 Å². The van der Waals surface area contributed by atoms with E-state index in [1.807, 2.05) is 0 Å². The van der Waals surface area contributed by atoms with Crippen molar-refractivity contribution in [2.75, 3.05) is 13.2 Å². The quantitative estimate of drug-likeness (QED) is 0.737. The predicted molar refractivity (Wildman–Crippen MR) is 82.9 cm³/mol. The van der Waals surface area contributed by atoms with Crippen molar-refractivity contribution < 1.29 is 27.4 Å². The smallest absolute Gasteiger partial charge is 0.243 e. The highest BCUT2D eigenvalue weighted by molar-refractivity contribution is 7.89. The van der Waals surface area contributed by atoms with Crippen LogP contribution in [0.25, 0.3) is 0 Å². The fraction of sp³-hybridized carbons (Fsp3) is 0.133. The van der Waals surface area contributed by atoms with Gasteiger partial charge in [0.25, 0.3) is 0 Å². The zero-order valence-corrected chi connectivity index (χ0v) is 13.7. The third kappa shape index (κ3) is 4.67. The highest BCUT2D eigenvalue weighted by atomic mass is 35.5. The first-order valence-corrected chi connectivity index (χ1v) is 8.54. The molecule has 2 rings (SSSR count). The molecule has 2 aromatic carbocycles. The zero-order valence-electron chi connectivity index (χ0n) is 12.2. The molecule has 0 atom stereocenters. The van der Waals surface area contributed by atoms with Crippen molar-refractivity contribution in [3.05, 3.63) is 58.9 Å². The van der Waals surface area contributed by atoms with Gasteiger partial charge in [-0.3, -0.25) is 0 Å². The molecule has 1 N–H and O–H groups in total. The number of hydrogen-bond donors (Lipinski definition) is 1. The Labute approximate surface area is 142 Å². The number of carboxylic acid groups (broad SMARTS) is 1. The molecule has 0 amide bonds. The first kappa shape index (κ1) is 18.2. The van der Waals surface area contributed by atoms with Crippen LogP contribution in [0.1, 0.15) is 10.4 Å². The Kier molecular flexibility index (Phi) is 5.76. The molecule has 0 aliphatic heterocycles. The van der Waals surface area contributed by atoms with Gasteiger partial charge in [0.1, 0.15) is 23.1 Å². The minimum absolute atomic E-state index is 0.0113. The average Bonchev–Trinajstić information content (AvgIpc) is 2.53. The second kappa shape index (κ2) is 7.61. The fourth-order valence-corrected chi connectivity index (χ4v) is 3.03. The summed E-state index contributed by atoms with van der Waals surface area (Å²) >= 11 is 5.72. The van der Waals surface area contributed by atoms with E-state index in [0.717, 1.165) is 12.1 Å². The molecule has 2 aromatic rings. The van der Waals surface area contributed by atoms with Gasteiger partial charge in [-0.1, -0.05) is 17.7 Å². The second-order valence-electron chi connectivity index (χ2n) is 4.63. The Morgan fingerprint density at radius 1 is 1.21 bits per heavy atom. The molecular weight excluding hydrogens is 361 g/mol. The third-order valence-corrected chi connectivity index (χ3v) is 4.66. The number of carbonyl (C=O) groups is 1. The lowest BCUT2D eigenvalue weighted by molar-refractivity contribution is -0.255. The van der Waals surface area contributed by atoms with Crippen molar-refractivity contribution in [2.24, 2.45) is 0 Å². The van der Waals surface area contributed by atoms with Gasteiger partial charge in [0.15, 0.2) is 0 Å². The summed E-state index contributed by atoms with van der Waals surface area (Å²) in [4.78, 5) is 9.99. The molecule has 0 saturated carbocycles. The maximum absolute atomic E-state index is 13.7. The van der Waals surface area contributed by atoms with Crippen LogP contribution in [0.5, 0.6) is 5.75 Å². The van der Waals surface area contributed by atoms with Crippen LogP contribution in [0.2, 0.25) is 5.02 Å². The number of nitrogens with one attached hydrogen (secondary N) is 1. The van der Waals surface area contributed by atoms with E-state index in [1.54, 1.807) is 24.3 Å². The van der Waals surface area contributed by atoms with Crippen molar-refractivity contribution in [1.29, 1.82) is 0 Å². The van der Waals surface area contributed by atoms with Crippen LogP contribution in [-0.4, -0.2) is 27.5 Å². The van der Waals surface area contributed by atoms with Crippen LogP contribution >= 0.6 is 11.6 Å². The van der Waals surface area contributed by atoms with E-state index < -0.39 is 32.3 Å². The lowest BCUT2D eigenvalue weighted by atomic mass is 10.2. The highest BCUT2D eigenvalue weighted by Crippen LogP contribution is 2.17. The Hall–Kier alpha value is -2.16. The van der Waals surface area contributed by atoms with Crippen LogP contribution in [0, 0.1) is 5.82 Å². The van der Waals surface area contributed by atoms with E-state index in [1.165, 1.54) is 0 Å². The van der Waals surface area contributed by atoms with Gasteiger partial charge in [0.2, 0.25) is 10.0 Å². The largest absolute Gasteiger partial charge is 0.545 e. The lowest BCUT2D eigenvalue weighted by Gasteiger charge is -2.11. The van der Waals surface area contributed by atoms with Gasteiger partial charge in [-0.15, -0.1) is 0 Å². The first-order chi connectivity index (χ1) is 11.3. The summed E-state index contributed by atoms with van der Waals surface area (Å²) in [6.07, 6.45) is 0. The van der Waals surface area contributed by atoms with Crippen LogP contribution in [0.15, 0.2) is 47.4 Å². The molecule has 0 bridgehead atoms. The SMILES string of the molecule is O=C([O-])c1ccc(F)c(S(=O)(=O)NCCOc2ccc(Cl)cc2)c1. The van der Waals surface area contributed by atoms with Crippen molar-refractivity contribution in [3.63, 3.8) is 0 Å². The number of halogens is 2. The molecule has 0 spiro atoms. The topological polar surface area (TPSA) is 95.5 Å². The Morgan fingerprint density at radius 3 is 2.50 bits per heavy atom. The monoisotopic (exact) mass is 372 g/mol. The third-order valence-electron chi connectivity index (χ3n) is 2.93. The molecule has 24 heavy (non-hydrogen) atoms. The Balaban J connectivity index is 2.00. The zero-order chi connectivity index (χ0) is 17.7. The molecule has 0 saturated heterocycles. The number of ether oxygens (including phenoxy) is 1. The van der Waals surface area contributed by atoms with Gasteiger partial charge in [0.05, 0.1) is 5.97 Å². The van der Waals surface area contributed by atoms with Crippen molar-refractivity contribution >= 4 is 27.6 Å². The van der Waals surface area contributed by atoms with E-state index in [-0.39, 0.29) is 13.2 Å². The number of benzene rings is 2. The number of sulfonamides is 1. The summed E-state index contributed by atoms with van der Waals surface area (Å²) < 4.78 is 45.2. The Bertz CT molecular complexity index is 839. The summed E-state index contributed by atoms with van der Waals surface area (Å²) in [6, 6.07) is 8.83. The molecule has 0 heterocycles. The summed E-state index contributed by atoms with van der Waals surface area (Å²) in [6.45, 7) is -0.150. The molecule has 128 valence electrons. The number of carboxylic acids is 1. The molecule has 0 aromatic heterocycles. The number of rotatable bonds is 7. The number of hydrogen-bond acceptors (Lipinski definition) is 5. The number of carbonyl (C=O) groups excluding carboxylic acids is 1. The maximum atomic E-state index is 13.7. The molecule has 6 nitrogen and oxygen atoms in total. The van der Waals surface area contributed by atoms with Crippen molar-refractivity contribution in [1.82, 2.24) is 4.72 Å². The van der Waals surface area contributed by atoms with Crippen LogP contribution in [0.3, 0.4) is 0 Å². The van der Waals surface area contributed by atoms with E-state index >= 15 is 0 Å². The molecule has 0 unspecified atom stereocenters. The van der Waals surface area contributed by atoms with Gasteiger partial charge < -0.3 is 14.6 Å². The minimum atomic E-state index is -4.23. The summed E-state index contributed by atoms with van der Waals surface area (Å²) in [5.41, 5.74) is -0.436. The highest BCUT2D eigenvalue weighted by Gasteiger charge is 2.19. The van der Waals surface area contributed by atoms with Gasteiger partial charge in [-0.25, -0.2) is 17.5 Å². The van der Waals surface area contributed by atoms with E-state index in [2.05, 4.69) is 4.72 Å². The van der Waals surface area contributed by atoms with Gasteiger partial charge in [0, 0.05) is 11.6 Å². The molecule has 0 aliphatic rings. The van der Waals surface area contributed by atoms with Crippen molar-refractivity contribution in [2.45, 2.75) is 4.90 Å². The van der Waals surface area contributed by atoms with Crippen LogP contribution < -0.4 is 14.6 Å². The van der Waals surface area contributed by atoms with E-state index in [9.17, 15) is 22.7 Å². The molecular formula is C15H12ClFNO5S-. The standard InChI is InChI=1S/C15H13ClFNO5S/c16-11-2-4-12(5-3-11)23-8-7-18-24(21,22)14-9-10(15(19)20)1-6-13(14)17/h1-6,9,18H,7-8H2,(H,19,20)/p-1. The van der Waals surface area contributed by atoms with Crippen molar-refractivity contribution in [3.8, 4) is 5.75 Å². The molecule has 0 fully saturated rings. The van der Waals surface area contributed by atoms with Gasteiger partial charge in [-0.05, 0) is 42.0 Å². The number of aromatic carboxylic acids is 1. The van der Waals surface area contributed by atoms with Crippen LogP contribution in [0.4, 0.5) is 4.39 Å². The minimum Gasteiger partial charge on any atom is -0.545 e. The average molecular weight is 373 g/mol. The fourth-order valence-electron chi connectivity index (χ4n) is 1.79. The lowest BCUT2D eigenvalue weighted by Crippen LogP contribution is -2.29. The maximum Gasteiger partial charge on any atom is 0.243 e. The second-order valence-corrected chi connectivity index (χ2v) is 6.80. The van der Waals surface area contributed by atoms with Crippen LogP contribution in [-0.2, 0) is 10.0 Å². The molecule has 9 heteroatoms. The van der Waals surface area contributed by atoms with E-state index in [0.29, 0.717) is 16.8 Å². The summed E-state index contributed by atoms with van der Waals surface area (Å²) in [5.74, 6) is -2.17. The summed E-state index contributed by atoms with van der Waals surface area (Å²) in [7, 11) is -4.23. The first-order valence-electron chi connectivity index (χ1n) is 6.68.